The fraction of sp³-hybridized carbons (Fsp3) is 0.342. The first-order valence-electron chi connectivity index (χ1n) is 33.7. The number of H-pyrrole nitrogens is 1. The molecule has 0 bridgehead atoms. The quantitative estimate of drug-likeness (QED) is 0.0157. The maximum absolute atomic E-state index is 12.7. The average molecular weight is 1900 g/mol. The maximum Gasteiger partial charge on any atom is 0.327 e. The Morgan fingerprint density at radius 2 is 0.805 bits per heavy atom. The van der Waals surface area contributed by atoms with Crippen molar-refractivity contribution >= 4 is 114 Å². The number of benzene rings is 8. The molecule has 0 fully saturated rings. The van der Waals surface area contributed by atoms with Crippen LogP contribution >= 0.6 is 46.4 Å². The van der Waals surface area contributed by atoms with Crippen molar-refractivity contribution in [3.05, 3.63) is 243 Å². The predicted molar refractivity (Wildman–Crippen MR) is 439 cm³/mol. The standard InChI is InChI=1S/C19H21ClN2O5S.C19H22ClNO6S.C19H24ClNO4S.C12H19NO4S.C6H3ClFNO2.CH3.W/c1-4-27-18-9-12(5-8-17(18)26-2)16(11-28(3,24)25)22-15-7-6-13(20)10-14(15)21-19(22)23;1-4-27-19-10-13(6-8-18(19)26-2)15(12-28(3,24)25)9-14-5-7-16(20)11-17(14)21(22)23;1-4-25-19-10-13(6-8-18(19)24-2)15(12-26(3,22)23)9-14-5-7-16(20)11-17(14)21;1-4-17-12-7-9(5-6-11(12)16-2)10(13)8-18(3,14)15;7-4-1-2-5(8)6(3-4)9(10)11;;/h5-10,16H,4,11H2,1-3H3,(H,21,23);5-8,10-11,15H,4,9,12H2,1-3H3;5-8,10-11,15H,4,9,12,21H2,1-3H3;5-7,10H,4,8,13H2,1-3H3;1-3H;1H3;/q;;;;;-1;/t16-;2*15-;10-;;;/m1111.../s1. The normalized spacial score (nSPS) is 12.2. The Morgan fingerprint density at radius 1 is 0.460 bits per heavy atom. The zero-order valence-corrected chi connectivity index (χ0v) is 73.5. The van der Waals surface area contributed by atoms with Gasteiger partial charge in [0.1, 0.15) is 39.3 Å². The zero-order valence-electron chi connectivity index (χ0n) is 64.2. The Hall–Kier alpha value is -8.43. The molecule has 9 rings (SSSR count). The number of hydrogen-bond donors (Lipinski definition) is 3. The fourth-order valence-corrected chi connectivity index (χ4v) is 15.8. The zero-order chi connectivity index (χ0) is 82.9. The molecular weight excluding hydrogens is 1810 g/mol. The summed E-state index contributed by atoms with van der Waals surface area (Å²) in [7, 11) is -6.88. The Balaban J connectivity index is 0.000000374. The van der Waals surface area contributed by atoms with Crippen LogP contribution in [0, 0.1) is 33.5 Å². The van der Waals surface area contributed by atoms with Crippen LogP contribution in [-0.4, -0.2) is 156 Å². The van der Waals surface area contributed by atoms with Crippen molar-refractivity contribution in [2.24, 2.45) is 5.73 Å². The van der Waals surface area contributed by atoms with E-state index in [9.17, 15) is 63.1 Å². The second-order valence-electron chi connectivity index (χ2n) is 24.9. The largest absolute Gasteiger partial charge is 0.493 e. The number of nitrogen functional groups attached to an aromatic ring is 1. The Bertz CT molecular complexity index is 5240. The van der Waals surface area contributed by atoms with Crippen LogP contribution < -0.4 is 55.1 Å². The number of fused-ring (bicyclic) bond motifs is 1. The molecule has 0 spiro atoms. The molecule has 4 atom stereocenters. The molecule has 618 valence electrons. The van der Waals surface area contributed by atoms with Crippen molar-refractivity contribution < 1.29 is 107 Å². The number of rotatable bonds is 31. The van der Waals surface area contributed by atoms with Crippen LogP contribution in [0.2, 0.25) is 20.1 Å². The molecule has 5 N–H and O–H groups in total. The number of nitrogens with one attached hydrogen (secondary N) is 1. The SMILES string of the molecule is CCOc1cc([C@@H](CS(C)(=O)=O)n2c(=O)[nH]c3cc(Cl)ccc32)ccc1OC.CCOc1cc([C@H](Cc2ccc(Cl)cc2N)CS(C)(=O)=O)ccc1OC.CCOc1cc([C@H](Cc2ccc(Cl)cc2[N+](=O)[O-])CS(C)(=O)=O)ccc1OC.CCOc1cc([C@H](N)CS(C)(=O)=O)ccc1OC.O=[N+]([O-])c1cc(Cl)ccc1F.[CH3-].[W]. The van der Waals surface area contributed by atoms with E-state index in [2.05, 4.69) is 4.98 Å². The minimum Gasteiger partial charge on any atom is -0.493 e. The summed E-state index contributed by atoms with van der Waals surface area (Å²) in [4.78, 5) is 35.6. The van der Waals surface area contributed by atoms with Gasteiger partial charge in [-0.15, -0.1) is 0 Å². The van der Waals surface area contributed by atoms with Gasteiger partial charge in [-0.05, 0) is 165 Å². The minimum absolute atomic E-state index is 0. The van der Waals surface area contributed by atoms with Crippen molar-refractivity contribution in [3.63, 3.8) is 0 Å². The van der Waals surface area contributed by atoms with Gasteiger partial charge in [-0.2, -0.15) is 4.39 Å². The molecule has 1 aromatic heterocycles. The van der Waals surface area contributed by atoms with Gasteiger partial charge in [0.15, 0.2) is 46.0 Å². The van der Waals surface area contributed by atoms with E-state index in [4.69, 9.17) is 95.8 Å². The number of nitrogens with zero attached hydrogens (tertiary/aromatic N) is 3. The second-order valence-corrected chi connectivity index (χ2v) is 35.3. The summed E-state index contributed by atoms with van der Waals surface area (Å²) >= 11 is 23.2. The number of sulfone groups is 4. The first kappa shape index (κ1) is 98.8. The van der Waals surface area contributed by atoms with Gasteiger partial charge in [0.2, 0.25) is 5.82 Å². The third-order valence-corrected chi connectivity index (χ3v) is 20.9. The number of hydrogen-bond acceptors (Lipinski definition) is 23. The van der Waals surface area contributed by atoms with Crippen LogP contribution in [0.25, 0.3) is 11.0 Å². The van der Waals surface area contributed by atoms with Gasteiger partial charge in [0.05, 0.1) is 105 Å². The summed E-state index contributed by atoms with van der Waals surface area (Å²) in [5.41, 5.74) is 16.6. The first-order chi connectivity index (χ1) is 52.1. The molecule has 0 saturated carbocycles. The van der Waals surface area contributed by atoms with E-state index in [0.29, 0.717) is 128 Å². The third-order valence-electron chi connectivity index (χ3n) is 16.0. The van der Waals surface area contributed by atoms with Gasteiger partial charge in [-0.3, -0.25) is 24.8 Å². The molecule has 0 amide bonds. The number of ether oxygens (including phenoxy) is 8. The van der Waals surface area contributed by atoms with Crippen LogP contribution in [0.15, 0.2) is 150 Å². The molecular formula is C76H92Cl4FN6O21S4W-. The van der Waals surface area contributed by atoms with E-state index < -0.39 is 84.4 Å². The smallest absolute Gasteiger partial charge is 0.327 e. The van der Waals surface area contributed by atoms with Gasteiger partial charge in [0, 0.05) is 107 Å². The number of aromatic amines is 1. The molecule has 0 aliphatic heterocycles. The van der Waals surface area contributed by atoms with Crippen LogP contribution in [0.3, 0.4) is 0 Å². The number of nitrogens with two attached hydrogens (primary N) is 2. The van der Waals surface area contributed by atoms with E-state index in [0.717, 1.165) is 35.8 Å². The average Bonchev–Trinajstić information content (AvgIpc) is 1.63. The number of imidazole rings is 1. The van der Waals surface area contributed by atoms with Crippen LogP contribution in [-0.2, 0) is 73.3 Å². The van der Waals surface area contributed by atoms with Crippen LogP contribution in [0.1, 0.15) is 85.0 Å². The minimum atomic E-state index is -3.40. The molecule has 37 heteroatoms. The number of aromatic nitrogens is 2. The van der Waals surface area contributed by atoms with Gasteiger partial charge >= 0.3 is 11.4 Å². The van der Waals surface area contributed by atoms with E-state index in [1.165, 1.54) is 43.4 Å². The van der Waals surface area contributed by atoms with Gasteiger partial charge < -0.3 is 61.8 Å². The Labute approximate surface area is 692 Å². The number of methoxy groups -OCH3 is 4. The molecule has 0 aliphatic carbocycles. The number of nitro benzene ring substituents is 2. The van der Waals surface area contributed by atoms with Crippen molar-refractivity contribution in [1.29, 1.82) is 0 Å². The summed E-state index contributed by atoms with van der Waals surface area (Å²) in [6, 6.07) is 37.5. The number of nitro groups is 2. The first-order valence-corrected chi connectivity index (χ1v) is 43.5. The van der Waals surface area contributed by atoms with E-state index in [1.807, 2.05) is 45.9 Å². The number of anilines is 1. The monoisotopic (exact) mass is 1900 g/mol. The van der Waals surface area contributed by atoms with Gasteiger partial charge in [-0.25, -0.2) is 38.5 Å². The molecule has 0 radical (unpaired) electrons. The molecule has 9 aromatic rings. The molecule has 1 heterocycles. The van der Waals surface area contributed by atoms with Crippen molar-refractivity contribution in [2.75, 3.05) is 109 Å². The summed E-state index contributed by atoms with van der Waals surface area (Å²) in [5.74, 6) is 2.27. The van der Waals surface area contributed by atoms with Crippen LogP contribution in [0.4, 0.5) is 21.5 Å². The summed E-state index contributed by atoms with van der Waals surface area (Å²) in [6.45, 7) is 9.24. The van der Waals surface area contributed by atoms with Gasteiger partial charge in [-0.1, -0.05) is 82.8 Å². The van der Waals surface area contributed by atoms with Gasteiger partial charge in [0.25, 0.3) is 5.69 Å². The maximum atomic E-state index is 12.7. The van der Waals surface area contributed by atoms with Crippen molar-refractivity contribution in [1.82, 2.24) is 9.55 Å². The second kappa shape index (κ2) is 45.6. The van der Waals surface area contributed by atoms with E-state index in [1.54, 1.807) is 117 Å². The topological polar surface area (TPSA) is 387 Å². The van der Waals surface area contributed by atoms with Crippen molar-refractivity contribution in [3.8, 4) is 46.0 Å². The molecule has 0 aliphatic rings. The molecule has 113 heavy (non-hydrogen) atoms. The molecule has 0 unspecified atom stereocenters. The Kier molecular flexibility index (Phi) is 39.9. The number of halogens is 5. The molecule has 0 saturated heterocycles. The molecule has 27 nitrogen and oxygen atoms in total. The summed E-state index contributed by atoms with van der Waals surface area (Å²) in [6.07, 6.45) is 5.33. The Morgan fingerprint density at radius 3 is 1.19 bits per heavy atom. The van der Waals surface area contributed by atoms with E-state index >= 15 is 0 Å². The molecule has 8 aromatic carbocycles. The fourth-order valence-electron chi connectivity index (χ4n) is 11.3. The van der Waals surface area contributed by atoms with Crippen molar-refractivity contribution in [2.45, 2.75) is 64.5 Å². The summed E-state index contributed by atoms with van der Waals surface area (Å²) < 4.78 is 152. The summed E-state index contributed by atoms with van der Waals surface area (Å²) in [5, 5.41) is 22.9. The van der Waals surface area contributed by atoms with Crippen LogP contribution in [0.5, 0.6) is 46.0 Å². The van der Waals surface area contributed by atoms with E-state index in [-0.39, 0.29) is 79.6 Å². The predicted octanol–water partition coefficient (Wildman–Crippen LogP) is 14.7. The third kappa shape index (κ3) is 31.7.